The first-order valence-electron chi connectivity index (χ1n) is 7.76. The van der Waals surface area contributed by atoms with Crippen molar-refractivity contribution in [1.82, 2.24) is 5.32 Å². The van der Waals surface area contributed by atoms with Crippen molar-refractivity contribution >= 4 is 17.5 Å². The van der Waals surface area contributed by atoms with Crippen LogP contribution in [0.25, 0.3) is 0 Å². The van der Waals surface area contributed by atoms with E-state index in [2.05, 4.69) is 10.6 Å². The van der Waals surface area contributed by atoms with Crippen LogP contribution in [0.4, 0.5) is 18.9 Å². The van der Waals surface area contributed by atoms with E-state index in [4.69, 9.17) is 9.47 Å². The first-order chi connectivity index (χ1) is 12.8. The minimum Gasteiger partial charge on any atom is -0.493 e. The van der Waals surface area contributed by atoms with Gasteiger partial charge in [-0.25, -0.2) is 13.2 Å². The van der Waals surface area contributed by atoms with Gasteiger partial charge in [-0.2, -0.15) is 0 Å². The second kappa shape index (κ2) is 8.93. The number of carbonyl (C=O) groups excluding carboxylic acids is 2. The van der Waals surface area contributed by atoms with Gasteiger partial charge in [-0.05, 0) is 29.8 Å². The zero-order valence-corrected chi connectivity index (χ0v) is 14.6. The Morgan fingerprint density at radius 1 is 0.926 bits per heavy atom. The molecule has 0 unspecified atom stereocenters. The zero-order valence-electron chi connectivity index (χ0n) is 14.6. The molecule has 0 aliphatic carbocycles. The Morgan fingerprint density at radius 2 is 1.63 bits per heavy atom. The Bertz CT molecular complexity index is 859. The molecule has 0 saturated carbocycles. The highest BCUT2D eigenvalue weighted by Crippen LogP contribution is 2.27. The highest BCUT2D eigenvalue weighted by Gasteiger charge is 2.16. The number of amides is 2. The zero-order chi connectivity index (χ0) is 20.0. The van der Waals surface area contributed by atoms with Gasteiger partial charge in [0.1, 0.15) is 0 Å². The summed E-state index contributed by atoms with van der Waals surface area (Å²) in [7, 11) is 2.95. The lowest BCUT2D eigenvalue weighted by molar-refractivity contribution is -0.123. The third-order valence-electron chi connectivity index (χ3n) is 3.57. The highest BCUT2D eigenvalue weighted by molar-refractivity contribution is 5.94. The van der Waals surface area contributed by atoms with Gasteiger partial charge in [0.15, 0.2) is 29.0 Å². The number of rotatable bonds is 7. The average molecular weight is 382 g/mol. The van der Waals surface area contributed by atoms with Gasteiger partial charge in [0.2, 0.25) is 11.8 Å². The third-order valence-corrected chi connectivity index (χ3v) is 3.57. The minimum atomic E-state index is -1.69. The number of hydrogen-bond donors (Lipinski definition) is 2. The molecule has 2 aromatic carbocycles. The van der Waals surface area contributed by atoms with Crippen LogP contribution < -0.4 is 20.1 Å². The van der Waals surface area contributed by atoms with Crippen LogP contribution in [-0.4, -0.2) is 32.6 Å². The van der Waals surface area contributed by atoms with E-state index in [0.29, 0.717) is 23.1 Å². The van der Waals surface area contributed by atoms with E-state index in [9.17, 15) is 22.8 Å². The molecule has 0 atom stereocenters. The molecule has 0 aliphatic rings. The summed E-state index contributed by atoms with van der Waals surface area (Å²) in [5.74, 6) is -4.87. The largest absolute Gasteiger partial charge is 0.493 e. The van der Waals surface area contributed by atoms with E-state index in [1.807, 2.05) is 0 Å². The molecule has 6 nitrogen and oxygen atoms in total. The Labute approximate surface area is 153 Å². The van der Waals surface area contributed by atoms with Gasteiger partial charge < -0.3 is 20.1 Å². The quantitative estimate of drug-likeness (QED) is 0.721. The third kappa shape index (κ3) is 5.13. The van der Waals surface area contributed by atoms with Crippen molar-refractivity contribution in [1.29, 1.82) is 0 Å². The SMILES string of the molecule is COc1ccc(CC(=O)NCC(=O)Nc2ccc(F)c(F)c2F)cc1OC. The number of anilines is 1. The highest BCUT2D eigenvalue weighted by atomic mass is 19.2. The summed E-state index contributed by atoms with van der Waals surface area (Å²) in [5.41, 5.74) is 0.102. The molecule has 2 amide bonds. The maximum atomic E-state index is 13.5. The van der Waals surface area contributed by atoms with Crippen LogP contribution in [0.15, 0.2) is 30.3 Å². The average Bonchev–Trinajstić information content (AvgIpc) is 2.66. The van der Waals surface area contributed by atoms with Crippen LogP contribution in [0, 0.1) is 17.5 Å². The van der Waals surface area contributed by atoms with Crippen LogP contribution in [0.5, 0.6) is 11.5 Å². The summed E-state index contributed by atoms with van der Waals surface area (Å²) < 4.78 is 49.7. The van der Waals surface area contributed by atoms with E-state index < -0.39 is 41.5 Å². The molecule has 0 bridgehead atoms. The summed E-state index contributed by atoms with van der Waals surface area (Å²) in [6, 6.07) is 6.49. The first-order valence-corrected chi connectivity index (χ1v) is 7.76. The molecule has 0 aromatic heterocycles. The standard InChI is InChI=1S/C18H17F3N2O4/c1-26-13-6-3-10(7-14(13)27-2)8-15(24)22-9-16(25)23-12-5-4-11(19)17(20)18(12)21/h3-7H,8-9H2,1-2H3,(H,22,24)(H,23,25). The van der Waals surface area contributed by atoms with Crippen molar-refractivity contribution in [2.75, 3.05) is 26.1 Å². The first kappa shape index (κ1) is 20.1. The summed E-state index contributed by atoms with van der Waals surface area (Å²) in [5, 5.41) is 4.41. The molecule has 0 saturated heterocycles. The Balaban J connectivity index is 1.90. The molecule has 2 rings (SSSR count). The number of hydrogen-bond acceptors (Lipinski definition) is 4. The smallest absolute Gasteiger partial charge is 0.243 e. The number of carbonyl (C=O) groups is 2. The van der Waals surface area contributed by atoms with Gasteiger partial charge in [0.05, 0.1) is 32.9 Å². The predicted molar refractivity (Wildman–Crippen MR) is 91.2 cm³/mol. The van der Waals surface area contributed by atoms with E-state index in [1.54, 1.807) is 18.2 Å². The number of halogens is 3. The van der Waals surface area contributed by atoms with Crippen LogP contribution in [0.2, 0.25) is 0 Å². The van der Waals surface area contributed by atoms with E-state index >= 15 is 0 Å². The van der Waals surface area contributed by atoms with Crippen molar-refractivity contribution < 1.29 is 32.2 Å². The van der Waals surface area contributed by atoms with Crippen molar-refractivity contribution in [2.24, 2.45) is 0 Å². The fraction of sp³-hybridized carbons (Fsp3) is 0.222. The lowest BCUT2D eigenvalue weighted by atomic mass is 10.1. The van der Waals surface area contributed by atoms with E-state index in [0.717, 1.165) is 6.07 Å². The Morgan fingerprint density at radius 3 is 2.30 bits per heavy atom. The molecular formula is C18H17F3N2O4. The predicted octanol–water partition coefficient (Wildman–Crippen LogP) is 2.42. The van der Waals surface area contributed by atoms with Gasteiger partial charge in [0, 0.05) is 0 Å². The number of methoxy groups -OCH3 is 2. The monoisotopic (exact) mass is 382 g/mol. The fourth-order valence-corrected chi connectivity index (χ4v) is 2.23. The number of ether oxygens (including phenoxy) is 2. The van der Waals surface area contributed by atoms with Crippen molar-refractivity contribution in [3.63, 3.8) is 0 Å². The number of benzene rings is 2. The van der Waals surface area contributed by atoms with Gasteiger partial charge in [-0.1, -0.05) is 6.07 Å². The molecule has 0 heterocycles. The van der Waals surface area contributed by atoms with Crippen LogP contribution in [-0.2, 0) is 16.0 Å². The molecule has 2 N–H and O–H groups in total. The van der Waals surface area contributed by atoms with Crippen molar-refractivity contribution in [3.8, 4) is 11.5 Å². The van der Waals surface area contributed by atoms with Gasteiger partial charge in [-0.3, -0.25) is 9.59 Å². The van der Waals surface area contributed by atoms with E-state index in [1.165, 1.54) is 14.2 Å². The van der Waals surface area contributed by atoms with Crippen molar-refractivity contribution in [2.45, 2.75) is 6.42 Å². The molecular weight excluding hydrogens is 365 g/mol. The second-order valence-electron chi connectivity index (χ2n) is 5.41. The lowest BCUT2D eigenvalue weighted by Gasteiger charge is -2.10. The van der Waals surface area contributed by atoms with Crippen LogP contribution in [0.3, 0.4) is 0 Å². The Kier molecular flexibility index (Phi) is 6.64. The fourth-order valence-electron chi connectivity index (χ4n) is 2.23. The molecule has 144 valence electrons. The molecule has 2 aromatic rings. The lowest BCUT2D eigenvalue weighted by Crippen LogP contribution is -2.34. The minimum absolute atomic E-state index is 0.0346. The van der Waals surface area contributed by atoms with Crippen LogP contribution >= 0.6 is 0 Å². The molecule has 9 heteroatoms. The molecule has 0 fully saturated rings. The summed E-state index contributed by atoms with van der Waals surface area (Å²) in [4.78, 5) is 23.7. The molecule has 27 heavy (non-hydrogen) atoms. The normalized spacial score (nSPS) is 10.3. The summed E-state index contributed by atoms with van der Waals surface area (Å²) in [6.45, 7) is -0.468. The maximum Gasteiger partial charge on any atom is 0.243 e. The Hall–Kier alpha value is -3.23. The molecule has 0 aliphatic heterocycles. The summed E-state index contributed by atoms with van der Waals surface area (Å²) >= 11 is 0. The number of nitrogens with one attached hydrogen (secondary N) is 2. The van der Waals surface area contributed by atoms with Crippen molar-refractivity contribution in [3.05, 3.63) is 53.3 Å². The van der Waals surface area contributed by atoms with E-state index in [-0.39, 0.29) is 6.42 Å². The van der Waals surface area contributed by atoms with Crippen LogP contribution in [0.1, 0.15) is 5.56 Å². The topological polar surface area (TPSA) is 76.7 Å². The van der Waals surface area contributed by atoms with Gasteiger partial charge in [-0.15, -0.1) is 0 Å². The van der Waals surface area contributed by atoms with Gasteiger partial charge >= 0.3 is 0 Å². The summed E-state index contributed by atoms with van der Waals surface area (Å²) in [6.07, 6.45) is -0.0346. The second-order valence-corrected chi connectivity index (χ2v) is 5.41. The molecule has 0 spiro atoms. The maximum absolute atomic E-state index is 13.5. The molecule has 0 radical (unpaired) electrons. The van der Waals surface area contributed by atoms with Gasteiger partial charge in [0.25, 0.3) is 0 Å².